The third kappa shape index (κ3) is 4.11. The highest BCUT2D eigenvalue weighted by Crippen LogP contribution is 2.40. The van der Waals surface area contributed by atoms with Gasteiger partial charge in [0.2, 0.25) is 0 Å². The monoisotopic (exact) mass is 364 g/mol. The first kappa shape index (κ1) is 18.9. The Kier molecular flexibility index (Phi) is 5.75. The molecule has 1 aliphatic rings. The van der Waals surface area contributed by atoms with Gasteiger partial charge in [-0.15, -0.1) is 0 Å². The Balaban J connectivity index is 2.01. The van der Waals surface area contributed by atoms with Crippen LogP contribution in [-0.4, -0.2) is 25.5 Å². The van der Waals surface area contributed by atoms with Crippen molar-refractivity contribution in [2.24, 2.45) is 5.92 Å². The standard InChI is InChI=1S/C23H24O4/c1-4-27-23(25)22-20(16-8-10-19(26-3)11-9-16)13-18(14-21(22)24)17-7-5-6-15(2)12-17/h5-12,14,20,22H,4,13H2,1-3H3. The minimum Gasteiger partial charge on any atom is -0.497 e. The van der Waals surface area contributed by atoms with Gasteiger partial charge in [-0.25, -0.2) is 0 Å². The zero-order chi connectivity index (χ0) is 19.4. The van der Waals surface area contributed by atoms with Crippen LogP contribution in [0.15, 0.2) is 54.6 Å². The second-order valence-corrected chi connectivity index (χ2v) is 6.75. The SMILES string of the molecule is CCOC(=O)C1C(=O)C=C(c2cccc(C)c2)CC1c1ccc(OC)cc1. The predicted molar refractivity (Wildman–Crippen MR) is 105 cm³/mol. The fraction of sp³-hybridized carbons (Fsp3) is 0.304. The Morgan fingerprint density at radius 2 is 1.89 bits per heavy atom. The average molecular weight is 364 g/mol. The molecule has 1 aliphatic carbocycles. The summed E-state index contributed by atoms with van der Waals surface area (Å²) in [4.78, 5) is 25.4. The number of benzene rings is 2. The second kappa shape index (κ2) is 8.21. The zero-order valence-corrected chi connectivity index (χ0v) is 15.9. The first-order chi connectivity index (χ1) is 13.0. The molecule has 4 nitrogen and oxygen atoms in total. The Morgan fingerprint density at radius 3 is 2.52 bits per heavy atom. The lowest BCUT2D eigenvalue weighted by molar-refractivity contribution is -0.151. The van der Waals surface area contributed by atoms with Crippen molar-refractivity contribution in [3.63, 3.8) is 0 Å². The lowest BCUT2D eigenvalue weighted by Gasteiger charge is -2.29. The molecule has 140 valence electrons. The minimum atomic E-state index is -0.813. The van der Waals surface area contributed by atoms with Crippen LogP contribution < -0.4 is 4.74 Å². The van der Waals surface area contributed by atoms with E-state index in [4.69, 9.17) is 9.47 Å². The van der Waals surface area contributed by atoms with E-state index in [0.29, 0.717) is 6.42 Å². The summed E-state index contributed by atoms with van der Waals surface area (Å²) >= 11 is 0. The Labute approximate surface area is 159 Å². The van der Waals surface area contributed by atoms with Gasteiger partial charge in [-0.3, -0.25) is 9.59 Å². The fourth-order valence-corrected chi connectivity index (χ4v) is 3.59. The molecule has 0 heterocycles. The molecule has 0 aromatic heterocycles. The van der Waals surface area contributed by atoms with E-state index in [1.807, 2.05) is 49.4 Å². The van der Waals surface area contributed by atoms with E-state index in [1.54, 1.807) is 20.1 Å². The topological polar surface area (TPSA) is 52.6 Å². The molecular formula is C23H24O4. The third-order valence-electron chi connectivity index (χ3n) is 4.94. The van der Waals surface area contributed by atoms with Crippen molar-refractivity contribution in [1.29, 1.82) is 0 Å². The summed E-state index contributed by atoms with van der Waals surface area (Å²) in [5.74, 6) is -0.988. The van der Waals surface area contributed by atoms with Crippen LogP contribution in [-0.2, 0) is 14.3 Å². The summed E-state index contributed by atoms with van der Waals surface area (Å²) in [6, 6.07) is 15.6. The maximum absolute atomic E-state index is 12.9. The van der Waals surface area contributed by atoms with Crippen LogP contribution >= 0.6 is 0 Å². The first-order valence-electron chi connectivity index (χ1n) is 9.15. The second-order valence-electron chi connectivity index (χ2n) is 6.75. The van der Waals surface area contributed by atoms with Crippen molar-refractivity contribution >= 4 is 17.3 Å². The fourth-order valence-electron chi connectivity index (χ4n) is 3.59. The molecule has 0 radical (unpaired) electrons. The largest absolute Gasteiger partial charge is 0.497 e. The number of rotatable bonds is 5. The van der Waals surface area contributed by atoms with Crippen molar-refractivity contribution in [1.82, 2.24) is 0 Å². The van der Waals surface area contributed by atoms with Gasteiger partial charge >= 0.3 is 5.97 Å². The van der Waals surface area contributed by atoms with Crippen molar-refractivity contribution in [2.45, 2.75) is 26.2 Å². The van der Waals surface area contributed by atoms with Crippen LogP contribution in [0.3, 0.4) is 0 Å². The van der Waals surface area contributed by atoms with Gasteiger partial charge in [-0.2, -0.15) is 0 Å². The van der Waals surface area contributed by atoms with Gasteiger partial charge in [0.1, 0.15) is 11.7 Å². The number of hydrogen-bond donors (Lipinski definition) is 0. The highest BCUT2D eigenvalue weighted by molar-refractivity contribution is 6.10. The van der Waals surface area contributed by atoms with Crippen LogP contribution in [0, 0.1) is 12.8 Å². The van der Waals surface area contributed by atoms with E-state index in [-0.39, 0.29) is 18.3 Å². The maximum atomic E-state index is 12.9. The Bertz CT molecular complexity index is 864. The summed E-state index contributed by atoms with van der Waals surface area (Å²) in [6.07, 6.45) is 2.21. The van der Waals surface area contributed by atoms with Gasteiger partial charge in [-0.1, -0.05) is 42.0 Å². The molecule has 27 heavy (non-hydrogen) atoms. The van der Waals surface area contributed by atoms with Gasteiger partial charge in [0, 0.05) is 5.92 Å². The van der Waals surface area contributed by atoms with Gasteiger partial charge < -0.3 is 9.47 Å². The quantitative estimate of drug-likeness (QED) is 0.586. The molecule has 0 bridgehead atoms. The number of esters is 1. The number of ether oxygens (including phenoxy) is 2. The third-order valence-corrected chi connectivity index (χ3v) is 4.94. The van der Waals surface area contributed by atoms with Crippen LogP contribution in [0.25, 0.3) is 5.57 Å². The number of methoxy groups -OCH3 is 1. The highest BCUT2D eigenvalue weighted by atomic mass is 16.5. The van der Waals surface area contributed by atoms with Crippen molar-refractivity contribution in [3.8, 4) is 5.75 Å². The molecule has 0 saturated heterocycles. The molecule has 0 amide bonds. The minimum absolute atomic E-state index is 0.197. The van der Waals surface area contributed by atoms with Gasteiger partial charge in [0.25, 0.3) is 0 Å². The Morgan fingerprint density at radius 1 is 1.15 bits per heavy atom. The molecule has 2 aromatic carbocycles. The van der Waals surface area contributed by atoms with Crippen LogP contribution in [0.1, 0.15) is 36.0 Å². The summed E-state index contributed by atoms with van der Waals surface area (Å²) in [5.41, 5.74) is 4.03. The van der Waals surface area contributed by atoms with E-state index >= 15 is 0 Å². The predicted octanol–water partition coefficient (Wildman–Crippen LogP) is 4.32. The van der Waals surface area contributed by atoms with Gasteiger partial charge in [-0.05, 0) is 55.2 Å². The molecule has 0 aliphatic heterocycles. The van der Waals surface area contributed by atoms with Gasteiger partial charge in [0.15, 0.2) is 5.78 Å². The molecule has 2 aromatic rings. The van der Waals surface area contributed by atoms with Crippen molar-refractivity contribution in [3.05, 3.63) is 71.3 Å². The number of allylic oxidation sites excluding steroid dienone is 2. The van der Waals surface area contributed by atoms with Crippen LogP contribution in [0.5, 0.6) is 5.75 Å². The van der Waals surface area contributed by atoms with E-state index in [9.17, 15) is 9.59 Å². The molecule has 0 fully saturated rings. The first-order valence-corrected chi connectivity index (χ1v) is 9.15. The van der Waals surface area contributed by atoms with E-state index in [0.717, 1.165) is 28.0 Å². The van der Waals surface area contributed by atoms with Gasteiger partial charge in [0.05, 0.1) is 13.7 Å². The molecule has 3 rings (SSSR count). The normalized spacial score (nSPS) is 19.4. The maximum Gasteiger partial charge on any atom is 0.317 e. The number of aryl methyl sites for hydroxylation is 1. The van der Waals surface area contributed by atoms with E-state index in [1.165, 1.54) is 0 Å². The molecular weight excluding hydrogens is 340 g/mol. The lowest BCUT2D eigenvalue weighted by Crippen LogP contribution is -2.34. The summed E-state index contributed by atoms with van der Waals surface area (Å²) in [5, 5.41) is 0. The molecule has 0 spiro atoms. The Hall–Kier alpha value is -2.88. The molecule has 0 saturated carbocycles. The van der Waals surface area contributed by atoms with Crippen molar-refractivity contribution in [2.75, 3.05) is 13.7 Å². The summed E-state index contributed by atoms with van der Waals surface area (Å²) in [7, 11) is 1.61. The van der Waals surface area contributed by atoms with Crippen LogP contribution in [0.2, 0.25) is 0 Å². The number of carbonyl (C=O) groups excluding carboxylic acids is 2. The van der Waals surface area contributed by atoms with E-state index < -0.39 is 11.9 Å². The van der Waals surface area contributed by atoms with E-state index in [2.05, 4.69) is 6.07 Å². The lowest BCUT2D eigenvalue weighted by atomic mass is 9.73. The average Bonchev–Trinajstić information content (AvgIpc) is 2.67. The molecule has 2 atom stereocenters. The van der Waals surface area contributed by atoms with Crippen LogP contribution in [0.4, 0.5) is 0 Å². The summed E-state index contributed by atoms with van der Waals surface area (Å²) < 4.78 is 10.4. The number of ketones is 1. The molecule has 0 N–H and O–H groups in total. The van der Waals surface area contributed by atoms with Crippen molar-refractivity contribution < 1.29 is 19.1 Å². The molecule has 4 heteroatoms. The molecule has 2 unspecified atom stereocenters. The number of hydrogen-bond acceptors (Lipinski definition) is 4. The zero-order valence-electron chi connectivity index (χ0n) is 15.9. The summed E-state index contributed by atoms with van der Waals surface area (Å²) in [6.45, 7) is 4.03. The smallest absolute Gasteiger partial charge is 0.317 e. The highest BCUT2D eigenvalue weighted by Gasteiger charge is 2.39. The number of carbonyl (C=O) groups is 2.